The summed E-state index contributed by atoms with van der Waals surface area (Å²) in [5.74, 6) is 0.299. The molecule has 0 aromatic carbocycles. The van der Waals surface area contributed by atoms with Crippen LogP contribution in [-0.2, 0) is 11.3 Å². The quantitative estimate of drug-likeness (QED) is 0.868. The summed E-state index contributed by atoms with van der Waals surface area (Å²) in [5.41, 5.74) is 1.08. The average molecular weight is 248 g/mol. The standard InChI is InChI=1S/C13H20N4O/c18-13-9-16(8-11-7-14-10-15-11)5-6-17(13)12-3-1-2-4-12/h7,10,12H,1-6,8-9H2,(H,14,15). The number of nitrogens with one attached hydrogen (secondary N) is 1. The normalized spacial score (nSPS) is 22.9. The van der Waals surface area contributed by atoms with Gasteiger partial charge in [-0.05, 0) is 12.8 Å². The Hall–Kier alpha value is -1.36. The number of imidazole rings is 1. The maximum absolute atomic E-state index is 12.2. The number of rotatable bonds is 3. The second-order valence-corrected chi connectivity index (χ2v) is 5.31. The zero-order valence-corrected chi connectivity index (χ0v) is 10.6. The molecule has 1 N–H and O–H groups in total. The third-order valence-electron chi connectivity index (χ3n) is 4.05. The highest BCUT2D eigenvalue weighted by molar-refractivity contribution is 5.79. The largest absolute Gasteiger partial charge is 0.347 e. The van der Waals surface area contributed by atoms with Crippen LogP contribution < -0.4 is 0 Å². The van der Waals surface area contributed by atoms with Gasteiger partial charge in [0.1, 0.15) is 0 Å². The van der Waals surface area contributed by atoms with Gasteiger partial charge in [-0.25, -0.2) is 4.98 Å². The van der Waals surface area contributed by atoms with Crippen LogP contribution in [0.3, 0.4) is 0 Å². The molecule has 2 heterocycles. The Balaban J connectivity index is 1.56. The molecule has 0 unspecified atom stereocenters. The second-order valence-electron chi connectivity index (χ2n) is 5.31. The molecule has 5 nitrogen and oxygen atoms in total. The molecule has 2 aliphatic rings. The van der Waals surface area contributed by atoms with Crippen LogP contribution in [0, 0.1) is 0 Å². The highest BCUT2D eigenvalue weighted by Gasteiger charge is 2.31. The van der Waals surface area contributed by atoms with Gasteiger partial charge in [0.05, 0.1) is 12.9 Å². The maximum Gasteiger partial charge on any atom is 0.237 e. The lowest BCUT2D eigenvalue weighted by atomic mass is 10.1. The lowest BCUT2D eigenvalue weighted by Gasteiger charge is -2.37. The Morgan fingerprint density at radius 2 is 2.17 bits per heavy atom. The summed E-state index contributed by atoms with van der Waals surface area (Å²) in [6, 6.07) is 0.520. The van der Waals surface area contributed by atoms with Crippen LogP contribution in [0.2, 0.25) is 0 Å². The summed E-state index contributed by atoms with van der Waals surface area (Å²) < 4.78 is 0. The van der Waals surface area contributed by atoms with E-state index >= 15 is 0 Å². The summed E-state index contributed by atoms with van der Waals surface area (Å²) in [6.07, 6.45) is 8.48. The number of aromatic amines is 1. The predicted octanol–water partition coefficient (Wildman–Crippen LogP) is 0.996. The van der Waals surface area contributed by atoms with Crippen molar-refractivity contribution in [3.05, 3.63) is 18.2 Å². The minimum absolute atomic E-state index is 0.299. The molecule has 1 amide bonds. The molecule has 1 aromatic heterocycles. The number of H-pyrrole nitrogens is 1. The monoisotopic (exact) mass is 248 g/mol. The minimum atomic E-state index is 0.299. The number of amides is 1. The highest BCUT2D eigenvalue weighted by atomic mass is 16.2. The fraction of sp³-hybridized carbons (Fsp3) is 0.692. The summed E-state index contributed by atoms with van der Waals surface area (Å²) >= 11 is 0. The molecule has 5 heteroatoms. The van der Waals surface area contributed by atoms with Crippen molar-refractivity contribution in [2.45, 2.75) is 38.3 Å². The van der Waals surface area contributed by atoms with E-state index in [-0.39, 0.29) is 0 Å². The molecule has 0 atom stereocenters. The van der Waals surface area contributed by atoms with E-state index in [1.54, 1.807) is 6.33 Å². The molecule has 1 aliphatic heterocycles. The van der Waals surface area contributed by atoms with Gasteiger partial charge >= 0.3 is 0 Å². The van der Waals surface area contributed by atoms with E-state index in [0.717, 1.165) is 25.3 Å². The van der Waals surface area contributed by atoms with Crippen molar-refractivity contribution in [3.63, 3.8) is 0 Å². The molecule has 98 valence electrons. The molecule has 18 heavy (non-hydrogen) atoms. The van der Waals surface area contributed by atoms with Crippen LogP contribution in [0.25, 0.3) is 0 Å². The molecule has 0 radical (unpaired) electrons. The van der Waals surface area contributed by atoms with Gasteiger partial charge in [0.2, 0.25) is 5.91 Å². The molecule has 1 aliphatic carbocycles. The van der Waals surface area contributed by atoms with Crippen molar-refractivity contribution in [3.8, 4) is 0 Å². The zero-order valence-electron chi connectivity index (χ0n) is 10.6. The minimum Gasteiger partial charge on any atom is -0.347 e. The van der Waals surface area contributed by atoms with Crippen LogP contribution in [0.15, 0.2) is 12.5 Å². The van der Waals surface area contributed by atoms with E-state index in [9.17, 15) is 4.79 Å². The highest BCUT2D eigenvalue weighted by Crippen LogP contribution is 2.25. The van der Waals surface area contributed by atoms with Crippen LogP contribution >= 0.6 is 0 Å². The summed E-state index contributed by atoms with van der Waals surface area (Å²) in [5, 5.41) is 0. The van der Waals surface area contributed by atoms with Gasteiger partial charge in [-0.15, -0.1) is 0 Å². The molecular formula is C13H20N4O. The van der Waals surface area contributed by atoms with Crippen molar-refractivity contribution < 1.29 is 4.79 Å². The smallest absolute Gasteiger partial charge is 0.237 e. The number of hydrogen-bond acceptors (Lipinski definition) is 3. The molecule has 1 saturated heterocycles. The van der Waals surface area contributed by atoms with Crippen molar-refractivity contribution in [2.24, 2.45) is 0 Å². The van der Waals surface area contributed by atoms with Crippen LogP contribution in [-0.4, -0.2) is 51.4 Å². The molecular weight excluding hydrogens is 228 g/mol. The fourth-order valence-electron chi connectivity index (χ4n) is 3.08. The fourth-order valence-corrected chi connectivity index (χ4v) is 3.08. The van der Waals surface area contributed by atoms with Crippen molar-refractivity contribution >= 4 is 5.91 Å². The first-order valence-corrected chi connectivity index (χ1v) is 6.82. The molecule has 3 rings (SSSR count). The van der Waals surface area contributed by atoms with Crippen LogP contribution in [0.1, 0.15) is 31.4 Å². The van der Waals surface area contributed by atoms with E-state index in [0.29, 0.717) is 18.5 Å². The molecule has 2 fully saturated rings. The number of carbonyl (C=O) groups excluding carboxylic acids is 1. The second kappa shape index (κ2) is 5.10. The lowest BCUT2D eigenvalue weighted by Crippen LogP contribution is -2.53. The molecule has 0 spiro atoms. The van der Waals surface area contributed by atoms with Crippen LogP contribution in [0.4, 0.5) is 0 Å². The topological polar surface area (TPSA) is 52.2 Å². The third-order valence-corrected chi connectivity index (χ3v) is 4.05. The Morgan fingerprint density at radius 3 is 2.83 bits per heavy atom. The average Bonchev–Trinajstić information content (AvgIpc) is 3.01. The van der Waals surface area contributed by atoms with Gasteiger partial charge in [0.15, 0.2) is 0 Å². The zero-order chi connectivity index (χ0) is 12.4. The number of nitrogens with zero attached hydrogens (tertiary/aromatic N) is 3. The first-order valence-electron chi connectivity index (χ1n) is 6.82. The van der Waals surface area contributed by atoms with Gasteiger partial charge in [-0.1, -0.05) is 12.8 Å². The van der Waals surface area contributed by atoms with E-state index in [1.807, 2.05) is 6.20 Å². The van der Waals surface area contributed by atoms with E-state index in [2.05, 4.69) is 19.8 Å². The van der Waals surface area contributed by atoms with E-state index in [4.69, 9.17) is 0 Å². The molecule has 1 saturated carbocycles. The first kappa shape index (κ1) is 11.7. The number of carbonyl (C=O) groups is 1. The predicted molar refractivity (Wildman–Crippen MR) is 67.8 cm³/mol. The molecule has 0 bridgehead atoms. The van der Waals surface area contributed by atoms with Crippen LogP contribution in [0.5, 0.6) is 0 Å². The van der Waals surface area contributed by atoms with Crippen molar-refractivity contribution in [1.29, 1.82) is 0 Å². The van der Waals surface area contributed by atoms with Gasteiger partial charge in [-0.3, -0.25) is 9.69 Å². The van der Waals surface area contributed by atoms with Gasteiger partial charge in [0, 0.05) is 37.6 Å². The summed E-state index contributed by atoms with van der Waals surface area (Å²) in [4.78, 5) is 23.6. The number of piperazine rings is 1. The Labute approximate surface area is 107 Å². The molecule has 1 aromatic rings. The van der Waals surface area contributed by atoms with Gasteiger partial charge in [-0.2, -0.15) is 0 Å². The Kier molecular flexibility index (Phi) is 3.32. The summed E-state index contributed by atoms with van der Waals surface area (Å²) in [6.45, 7) is 3.21. The Morgan fingerprint density at radius 1 is 1.33 bits per heavy atom. The summed E-state index contributed by atoms with van der Waals surface area (Å²) in [7, 11) is 0. The first-order chi connectivity index (χ1) is 8.83. The van der Waals surface area contributed by atoms with Crippen molar-refractivity contribution in [2.75, 3.05) is 19.6 Å². The number of aromatic nitrogens is 2. The Bertz CT molecular complexity index is 397. The third kappa shape index (κ3) is 2.41. The SMILES string of the molecule is O=C1CN(Cc2cnc[nH]2)CCN1C1CCCC1. The maximum atomic E-state index is 12.2. The van der Waals surface area contributed by atoms with Gasteiger partial charge < -0.3 is 9.88 Å². The van der Waals surface area contributed by atoms with E-state index in [1.165, 1.54) is 25.7 Å². The number of hydrogen-bond donors (Lipinski definition) is 1. The van der Waals surface area contributed by atoms with Gasteiger partial charge in [0.25, 0.3) is 0 Å². The van der Waals surface area contributed by atoms with Crippen molar-refractivity contribution in [1.82, 2.24) is 19.8 Å². The van der Waals surface area contributed by atoms with E-state index < -0.39 is 0 Å². The lowest BCUT2D eigenvalue weighted by molar-refractivity contribution is -0.138.